The van der Waals surface area contributed by atoms with Crippen molar-refractivity contribution in [2.24, 2.45) is 0 Å². The number of ether oxygens (including phenoxy) is 1. The van der Waals surface area contributed by atoms with Crippen LogP contribution in [0.2, 0.25) is 5.02 Å². The Morgan fingerprint density at radius 1 is 1.22 bits per heavy atom. The number of nitrogens with zero attached hydrogens (tertiary/aromatic N) is 1. The Hall–Kier alpha value is -2.86. The Kier molecular flexibility index (Phi) is 5.46. The number of rotatable bonds is 6. The van der Waals surface area contributed by atoms with Gasteiger partial charge in [-0.2, -0.15) is 0 Å². The van der Waals surface area contributed by atoms with E-state index in [0.29, 0.717) is 27.8 Å². The van der Waals surface area contributed by atoms with Crippen molar-refractivity contribution in [3.63, 3.8) is 0 Å². The van der Waals surface area contributed by atoms with Gasteiger partial charge < -0.3 is 14.6 Å². The number of hydrogen-bond donors (Lipinski definition) is 1. The molecule has 1 aromatic heterocycles. The monoisotopic (exact) mass is 388 g/mol. The van der Waals surface area contributed by atoms with Crippen LogP contribution < -0.4 is 10.1 Å². The molecule has 0 radical (unpaired) electrons. The van der Waals surface area contributed by atoms with Gasteiger partial charge in [0.15, 0.2) is 11.4 Å². The lowest BCUT2D eigenvalue weighted by Gasteiger charge is -2.25. The minimum absolute atomic E-state index is 0.129. The number of nitrogens with one attached hydrogen (secondary N) is 1. The lowest BCUT2D eigenvalue weighted by Crippen LogP contribution is -2.46. The minimum atomic E-state index is -1.11. The van der Waals surface area contributed by atoms with Crippen molar-refractivity contribution in [3.05, 3.63) is 71.1 Å². The first kappa shape index (κ1) is 18.9. The molecule has 27 heavy (non-hydrogen) atoms. The van der Waals surface area contributed by atoms with Gasteiger partial charge in [0.1, 0.15) is 17.3 Å². The third-order valence-electron chi connectivity index (χ3n) is 3.86. The molecule has 0 spiro atoms. The fraction of sp³-hybridized carbons (Fsp3) is 0.200. The number of halogens is 2. The number of hydrogen-bond acceptors (Lipinski definition) is 4. The van der Waals surface area contributed by atoms with E-state index in [1.54, 1.807) is 62.4 Å². The van der Waals surface area contributed by atoms with Crippen molar-refractivity contribution >= 4 is 17.5 Å². The van der Waals surface area contributed by atoms with E-state index in [9.17, 15) is 9.18 Å². The molecule has 0 fully saturated rings. The van der Waals surface area contributed by atoms with Crippen molar-refractivity contribution < 1.29 is 18.4 Å². The van der Waals surface area contributed by atoms with E-state index in [0.717, 1.165) is 0 Å². The van der Waals surface area contributed by atoms with E-state index >= 15 is 0 Å². The predicted octanol–water partition coefficient (Wildman–Crippen LogP) is 4.61. The molecule has 140 valence electrons. The molecule has 1 amide bonds. The molecular weight excluding hydrogens is 371 g/mol. The van der Waals surface area contributed by atoms with Crippen LogP contribution in [0.3, 0.4) is 0 Å². The molecule has 5 nitrogen and oxygen atoms in total. The van der Waals surface area contributed by atoms with Gasteiger partial charge in [-0.15, -0.1) is 0 Å². The van der Waals surface area contributed by atoms with E-state index in [4.69, 9.17) is 20.9 Å². The first-order valence-electron chi connectivity index (χ1n) is 8.28. The largest absolute Gasteiger partial charge is 0.478 e. The van der Waals surface area contributed by atoms with Crippen molar-refractivity contribution in [2.45, 2.75) is 26.0 Å². The van der Waals surface area contributed by atoms with Gasteiger partial charge in [0.2, 0.25) is 0 Å². The van der Waals surface area contributed by atoms with E-state index in [1.807, 2.05) is 0 Å². The second-order valence-corrected chi connectivity index (χ2v) is 6.85. The fourth-order valence-electron chi connectivity index (χ4n) is 2.41. The van der Waals surface area contributed by atoms with Gasteiger partial charge >= 0.3 is 0 Å². The van der Waals surface area contributed by atoms with Crippen LogP contribution in [0, 0.1) is 5.82 Å². The zero-order valence-electron chi connectivity index (χ0n) is 14.8. The summed E-state index contributed by atoms with van der Waals surface area (Å²) in [7, 11) is 0. The summed E-state index contributed by atoms with van der Waals surface area (Å²) >= 11 is 5.84. The van der Waals surface area contributed by atoms with Crippen LogP contribution in [0.15, 0.2) is 59.1 Å². The van der Waals surface area contributed by atoms with Crippen molar-refractivity contribution in [2.75, 3.05) is 0 Å². The maximum Gasteiger partial charge on any atom is 0.263 e. The van der Waals surface area contributed by atoms with Gasteiger partial charge in [-0.3, -0.25) is 4.79 Å². The fourth-order valence-corrected chi connectivity index (χ4v) is 2.54. The highest BCUT2D eigenvalue weighted by molar-refractivity contribution is 6.30. The van der Waals surface area contributed by atoms with E-state index in [2.05, 4.69) is 10.5 Å². The van der Waals surface area contributed by atoms with Crippen LogP contribution in [0.4, 0.5) is 4.39 Å². The van der Waals surface area contributed by atoms with E-state index in [1.165, 1.54) is 6.07 Å². The van der Waals surface area contributed by atoms with Crippen LogP contribution in [0.5, 0.6) is 5.75 Å². The van der Waals surface area contributed by atoms with Gasteiger partial charge in [-0.25, -0.2) is 4.39 Å². The molecule has 0 unspecified atom stereocenters. The van der Waals surface area contributed by atoms with Crippen molar-refractivity contribution in [1.29, 1.82) is 0 Å². The number of carbonyl (C=O) groups is 1. The smallest absolute Gasteiger partial charge is 0.263 e. The molecule has 0 aliphatic carbocycles. The maximum atomic E-state index is 13.8. The molecule has 2 aromatic carbocycles. The summed E-state index contributed by atoms with van der Waals surface area (Å²) in [6, 6.07) is 14.6. The molecule has 0 aliphatic heterocycles. The van der Waals surface area contributed by atoms with Gasteiger partial charge in [0.05, 0.1) is 12.1 Å². The van der Waals surface area contributed by atoms with Crippen LogP contribution in [0.1, 0.15) is 19.5 Å². The Labute approximate surface area is 161 Å². The third-order valence-corrected chi connectivity index (χ3v) is 4.11. The molecule has 7 heteroatoms. The molecule has 0 bridgehead atoms. The zero-order valence-corrected chi connectivity index (χ0v) is 15.6. The van der Waals surface area contributed by atoms with Gasteiger partial charge in [-0.1, -0.05) is 28.9 Å². The standard InChI is InChI=1S/C20H18ClFN2O3/c1-20(2,26-15-9-7-13(21)8-10-15)19(25)23-12-14-11-18(27-24-14)16-5-3-4-6-17(16)22/h3-11H,12H2,1-2H3,(H,23,25). The Morgan fingerprint density at radius 2 is 1.93 bits per heavy atom. The average Bonchev–Trinajstić information content (AvgIpc) is 3.10. The van der Waals surface area contributed by atoms with Crippen molar-refractivity contribution in [3.8, 4) is 17.1 Å². The lowest BCUT2D eigenvalue weighted by molar-refractivity contribution is -0.134. The molecular formula is C20H18ClFN2O3. The molecule has 0 saturated carbocycles. The molecule has 0 aliphatic rings. The molecule has 1 N–H and O–H groups in total. The lowest BCUT2D eigenvalue weighted by atomic mass is 10.1. The molecule has 0 saturated heterocycles. The van der Waals surface area contributed by atoms with Gasteiger partial charge in [0.25, 0.3) is 5.91 Å². The number of amides is 1. The summed E-state index contributed by atoms with van der Waals surface area (Å²) in [5.74, 6) is 0.103. The summed E-state index contributed by atoms with van der Waals surface area (Å²) in [6.45, 7) is 3.44. The molecule has 3 rings (SSSR count). The molecule has 1 heterocycles. The van der Waals surface area contributed by atoms with Crippen LogP contribution >= 0.6 is 11.6 Å². The highest BCUT2D eigenvalue weighted by Crippen LogP contribution is 2.24. The van der Waals surface area contributed by atoms with Crippen LogP contribution in [-0.2, 0) is 11.3 Å². The Morgan fingerprint density at radius 3 is 2.63 bits per heavy atom. The second kappa shape index (κ2) is 7.80. The average molecular weight is 389 g/mol. The van der Waals surface area contributed by atoms with E-state index in [-0.39, 0.29) is 12.5 Å². The Bertz CT molecular complexity index is 938. The SMILES string of the molecule is CC(C)(Oc1ccc(Cl)cc1)C(=O)NCc1cc(-c2ccccc2F)on1. The Balaban J connectivity index is 1.61. The highest BCUT2D eigenvalue weighted by Gasteiger charge is 2.30. The van der Waals surface area contributed by atoms with E-state index < -0.39 is 11.4 Å². The minimum Gasteiger partial charge on any atom is -0.478 e. The molecule has 3 aromatic rings. The van der Waals surface area contributed by atoms with Gasteiger partial charge in [-0.05, 0) is 50.2 Å². The number of benzene rings is 2. The summed E-state index contributed by atoms with van der Waals surface area (Å²) in [6.07, 6.45) is 0. The third kappa shape index (κ3) is 4.65. The first-order valence-corrected chi connectivity index (χ1v) is 8.66. The predicted molar refractivity (Wildman–Crippen MR) is 99.9 cm³/mol. The second-order valence-electron chi connectivity index (χ2n) is 6.41. The topological polar surface area (TPSA) is 64.4 Å². The first-order chi connectivity index (χ1) is 12.8. The summed E-state index contributed by atoms with van der Waals surface area (Å²) in [4.78, 5) is 12.5. The summed E-state index contributed by atoms with van der Waals surface area (Å²) in [5.41, 5.74) is -0.316. The summed E-state index contributed by atoms with van der Waals surface area (Å²) in [5, 5.41) is 7.20. The van der Waals surface area contributed by atoms with Crippen LogP contribution in [0.25, 0.3) is 11.3 Å². The number of aromatic nitrogens is 1. The summed E-state index contributed by atoms with van der Waals surface area (Å²) < 4.78 is 24.7. The maximum absolute atomic E-state index is 13.8. The zero-order chi connectivity index (χ0) is 19.4. The highest BCUT2D eigenvalue weighted by atomic mass is 35.5. The van der Waals surface area contributed by atoms with Crippen molar-refractivity contribution in [1.82, 2.24) is 10.5 Å². The normalized spacial score (nSPS) is 11.3. The van der Waals surface area contributed by atoms with Gasteiger partial charge in [0, 0.05) is 11.1 Å². The number of carbonyl (C=O) groups excluding carboxylic acids is 1. The quantitative estimate of drug-likeness (QED) is 0.669. The van der Waals surface area contributed by atoms with Crippen LogP contribution in [-0.4, -0.2) is 16.7 Å². The molecule has 0 atom stereocenters.